The molecule has 0 unspecified atom stereocenters. The van der Waals surface area contributed by atoms with Gasteiger partial charge >= 0.3 is 0 Å². The molecule has 1 amide bonds. The zero-order chi connectivity index (χ0) is 19.2. The van der Waals surface area contributed by atoms with Gasteiger partial charge in [-0.3, -0.25) is 9.69 Å². The van der Waals surface area contributed by atoms with Crippen molar-refractivity contribution in [2.24, 2.45) is 5.92 Å². The molecule has 3 atom stereocenters. The summed E-state index contributed by atoms with van der Waals surface area (Å²) in [5, 5.41) is 9.56. The molecule has 0 bridgehead atoms. The minimum absolute atomic E-state index is 0.00763. The molecule has 1 N–H and O–H groups in total. The lowest BCUT2D eigenvalue weighted by Crippen LogP contribution is -2.51. The van der Waals surface area contributed by atoms with Gasteiger partial charge in [0.15, 0.2) is 0 Å². The van der Waals surface area contributed by atoms with Gasteiger partial charge in [-0.1, -0.05) is 26.0 Å². The van der Waals surface area contributed by atoms with Crippen LogP contribution in [0.15, 0.2) is 18.2 Å². The fourth-order valence-corrected chi connectivity index (χ4v) is 4.85. The normalized spacial score (nSPS) is 28.8. The van der Waals surface area contributed by atoms with E-state index in [4.69, 9.17) is 4.74 Å². The highest BCUT2D eigenvalue weighted by atomic mass is 16.5. The van der Waals surface area contributed by atoms with E-state index in [1.807, 2.05) is 11.8 Å². The third kappa shape index (κ3) is 3.47. The number of benzene rings is 1. The second-order valence-electron chi connectivity index (χ2n) is 8.90. The summed E-state index contributed by atoms with van der Waals surface area (Å²) in [4.78, 5) is 17.5. The summed E-state index contributed by atoms with van der Waals surface area (Å²) in [5.74, 6) is 1.87. The molecule has 27 heavy (non-hydrogen) atoms. The minimum atomic E-state index is -0.312. The fraction of sp³-hybridized carbons (Fsp3) is 0.682. The molecule has 5 heteroatoms. The predicted molar refractivity (Wildman–Crippen MR) is 105 cm³/mol. The molecule has 2 fully saturated rings. The van der Waals surface area contributed by atoms with Gasteiger partial charge in [-0.2, -0.15) is 0 Å². The summed E-state index contributed by atoms with van der Waals surface area (Å²) >= 11 is 0. The SMILES string of the molecule is CC(C)c1ccc2c(c1)[C@]1(CCO2)C[C@H]1C(=O)N1CCN(C[C@H](C)O)CC1. The molecule has 2 aliphatic heterocycles. The summed E-state index contributed by atoms with van der Waals surface area (Å²) in [6.07, 6.45) is 1.59. The number of amides is 1. The number of rotatable bonds is 4. The maximum absolute atomic E-state index is 13.2. The molecule has 0 aromatic heterocycles. The van der Waals surface area contributed by atoms with Gasteiger partial charge in [-0.25, -0.2) is 0 Å². The number of fused-ring (bicyclic) bond motifs is 2. The van der Waals surface area contributed by atoms with Crippen molar-refractivity contribution < 1.29 is 14.6 Å². The topological polar surface area (TPSA) is 53.0 Å². The summed E-state index contributed by atoms with van der Waals surface area (Å²) in [5.41, 5.74) is 2.57. The number of aliphatic hydroxyl groups excluding tert-OH is 1. The van der Waals surface area contributed by atoms with E-state index >= 15 is 0 Å². The molecule has 1 aromatic rings. The van der Waals surface area contributed by atoms with Crippen molar-refractivity contribution in [3.63, 3.8) is 0 Å². The predicted octanol–water partition coefficient (Wildman–Crippen LogP) is 2.38. The van der Waals surface area contributed by atoms with E-state index in [1.54, 1.807) is 0 Å². The van der Waals surface area contributed by atoms with E-state index in [2.05, 4.69) is 36.9 Å². The number of β-amino-alcohol motifs (C(OH)–C–C–N with tert-alkyl or cyclic N) is 1. The monoisotopic (exact) mass is 372 g/mol. The Morgan fingerprint density at radius 2 is 2.00 bits per heavy atom. The van der Waals surface area contributed by atoms with E-state index in [0.717, 1.165) is 44.8 Å². The Bertz CT molecular complexity index is 710. The first-order valence-corrected chi connectivity index (χ1v) is 10.4. The Morgan fingerprint density at radius 3 is 2.67 bits per heavy atom. The summed E-state index contributed by atoms with van der Waals surface area (Å²) in [7, 11) is 0. The number of ether oxygens (including phenoxy) is 1. The number of piperazine rings is 1. The Labute approximate surface area is 162 Å². The van der Waals surface area contributed by atoms with Gasteiger partial charge in [-0.05, 0) is 37.3 Å². The van der Waals surface area contributed by atoms with Crippen LogP contribution in [-0.4, -0.2) is 66.2 Å². The lowest BCUT2D eigenvalue weighted by Gasteiger charge is -2.36. The van der Waals surface area contributed by atoms with Crippen LogP contribution in [-0.2, 0) is 10.2 Å². The van der Waals surface area contributed by atoms with Crippen molar-refractivity contribution in [2.45, 2.75) is 51.0 Å². The molecule has 0 radical (unpaired) electrons. The highest BCUT2D eigenvalue weighted by Gasteiger charge is 2.61. The third-order valence-electron chi connectivity index (χ3n) is 6.59. The molecular weight excluding hydrogens is 340 g/mol. The van der Waals surface area contributed by atoms with Gasteiger partial charge in [0.25, 0.3) is 0 Å². The van der Waals surface area contributed by atoms with Crippen LogP contribution in [0, 0.1) is 5.92 Å². The van der Waals surface area contributed by atoms with Gasteiger partial charge in [0.05, 0.1) is 12.7 Å². The zero-order valence-corrected chi connectivity index (χ0v) is 16.8. The van der Waals surface area contributed by atoms with Crippen LogP contribution in [0.3, 0.4) is 0 Å². The summed E-state index contributed by atoms with van der Waals surface area (Å²) < 4.78 is 5.90. The zero-order valence-electron chi connectivity index (χ0n) is 16.8. The van der Waals surface area contributed by atoms with Gasteiger partial charge < -0.3 is 14.7 Å². The second kappa shape index (κ2) is 7.10. The molecule has 5 nitrogen and oxygen atoms in total. The highest BCUT2D eigenvalue weighted by Crippen LogP contribution is 2.61. The standard InChI is InChI=1S/C22H32N2O3/c1-15(2)17-4-5-20-18(12-17)22(6-11-27-20)13-19(22)21(26)24-9-7-23(8-10-24)14-16(3)25/h4-5,12,15-16,19,25H,6-11,13-14H2,1-3H3/t16-,19-,22-/m0/s1. The van der Waals surface area contributed by atoms with Crippen molar-refractivity contribution in [3.8, 4) is 5.75 Å². The molecule has 3 aliphatic rings. The van der Waals surface area contributed by atoms with E-state index in [9.17, 15) is 9.90 Å². The van der Waals surface area contributed by atoms with Crippen LogP contribution >= 0.6 is 0 Å². The summed E-state index contributed by atoms with van der Waals surface area (Å²) in [6, 6.07) is 6.54. The first-order valence-electron chi connectivity index (χ1n) is 10.4. The molecular formula is C22H32N2O3. The Kier molecular flexibility index (Phi) is 4.93. The van der Waals surface area contributed by atoms with Crippen molar-refractivity contribution >= 4 is 5.91 Å². The van der Waals surface area contributed by atoms with Crippen molar-refractivity contribution in [1.29, 1.82) is 0 Å². The van der Waals surface area contributed by atoms with Crippen LogP contribution in [0.2, 0.25) is 0 Å². The Morgan fingerprint density at radius 1 is 1.26 bits per heavy atom. The number of carbonyl (C=O) groups is 1. The molecule has 1 aromatic carbocycles. The number of nitrogens with zero attached hydrogens (tertiary/aromatic N) is 2. The van der Waals surface area contributed by atoms with Gasteiger partial charge in [-0.15, -0.1) is 0 Å². The largest absolute Gasteiger partial charge is 0.493 e. The van der Waals surface area contributed by atoms with Crippen LogP contribution in [0.1, 0.15) is 50.7 Å². The van der Waals surface area contributed by atoms with Crippen LogP contribution in [0.4, 0.5) is 0 Å². The highest BCUT2D eigenvalue weighted by molar-refractivity contribution is 5.85. The first kappa shape index (κ1) is 18.8. The quantitative estimate of drug-likeness (QED) is 0.882. The molecule has 1 aliphatic carbocycles. The van der Waals surface area contributed by atoms with Crippen LogP contribution in [0.25, 0.3) is 0 Å². The molecule has 4 rings (SSSR count). The molecule has 1 spiro atoms. The Hall–Kier alpha value is -1.59. The molecule has 1 saturated heterocycles. The maximum Gasteiger partial charge on any atom is 0.226 e. The molecule has 2 heterocycles. The van der Waals surface area contributed by atoms with E-state index in [1.165, 1.54) is 11.1 Å². The van der Waals surface area contributed by atoms with Crippen LogP contribution < -0.4 is 4.74 Å². The minimum Gasteiger partial charge on any atom is -0.493 e. The number of hydrogen-bond acceptors (Lipinski definition) is 4. The van der Waals surface area contributed by atoms with Gasteiger partial charge in [0, 0.05) is 49.6 Å². The van der Waals surface area contributed by atoms with Gasteiger partial charge in [0.2, 0.25) is 5.91 Å². The number of carbonyl (C=O) groups excluding carboxylic acids is 1. The number of aliphatic hydroxyl groups is 1. The van der Waals surface area contributed by atoms with Crippen molar-refractivity contribution in [3.05, 3.63) is 29.3 Å². The third-order valence-corrected chi connectivity index (χ3v) is 6.59. The van der Waals surface area contributed by atoms with E-state index in [0.29, 0.717) is 25.0 Å². The van der Waals surface area contributed by atoms with Crippen LogP contribution in [0.5, 0.6) is 5.75 Å². The summed E-state index contributed by atoms with van der Waals surface area (Å²) in [6.45, 7) is 10.9. The van der Waals surface area contributed by atoms with E-state index in [-0.39, 0.29) is 17.4 Å². The maximum atomic E-state index is 13.2. The van der Waals surface area contributed by atoms with E-state index < -0.39 is 0 Å². The Balaban J connectivity index is 1.47. The average Bonchev–Trinajstić information content (AvgIpc) is 3.36. The lowest BCUT2D eigenvalue weighted by molar-refractivity contribution is -0.135. The fourth-order valence-electron chi connectivity index (χ4n) is 4.85. The number of hydrogen-bond donors (Lipinski definition) is 1. The molecule has 148 valence electrons. The van der Waals surface area contributed by atoms with Gasteiger partial charge in [0.1, 0.15) is 5.75 Å². The van der Waals surface area contributed by atoms with Crippen molar-refractivity contribution in [1.82, 2.24) is 9.80 Å². The second-order valence-corrected chi connectivity index (χ2v) is 8.90. The lowest BCUT2D eigenvalue weighted by atomic mass is 9.85. The average molecular weight is 373 g/mol. The molecule has 1 saturated carbocycles. The first-order chi connectivity index (χ1) is 12.9. The van der Waals surface area contributed by atoms with Crippen molar-refractivity contribution in [2.75, 3.05) is 39.3 Å². The smallest absolute Gasteiger partial charge is 0.226 e.